The van der Waals surface area contributed by atoms with Gasteiger partial charge in [0.2, 0.25) is 0 Å². The molecule has 0 spiro atoms. The second-order valence-electron chi connectivity index (χ2n) is 6.13. The third-order valence-corrected chi connectivity index (χ3v) is 3.90. The fourth-order valence-corrected chi connectivity index (χ4v) is 2.46. The summed E-state index contributed by atoms with van der Waals surface area (Å²) in [6.45, 7) is 0. The highest BCUT2D eigenvalue weighted by atomic mass is 19.4. The van der Waals surface area contributed by atoms with E-state index in [0.29, 0.717) is 16.8 Å². The Morgan fingerprint density at radius 3 is 1.52 bits per heavy atom. The van der Waals surface area contributed by atoms with Crippen LogP contribution in [0.3, 0.4) is 0 Å². The molecule has 0 aromatic heterocycles. The lowest BCUT2D eigenvalue weighted by Crippen LogP contribution is -2.04. The first-order valence-electron chi connectivity index (χ1n) is 8.47. The van der Waals surface area contributed by atoms with Gasteiger partial charge in [-0.3, -0.25) is 0 Å². The van der Waals surface area contributed by atoms with Crippen molar-refractivity contribution in [2.45, 2.75) is 25.2 Å². The Morgan fingerprint density at radius 1 is 0.759 bits per heavy atom. The third-order valence-electron chi connectivity index (χ3n) is 3.90. The molecule has 0 bridgehead atoms. The second kappa shape index (κ2) is 9.45. The fraction of sp³-hybridized carbons (Fsp3) is 0.190. The average Bonchev–Trinajstić information content (AvgIpc) is 2.66. The SMILES string of the molecule is ON=C(CC=Cc1cccc(C(F)(F)F)c1)CC=Cc1cccc(C(F)(F)F)c1. The van der Waals surface area contributed by atoms with Gasteiger partial charge in [0.15, 0.2) is 0 Å². The van der Waals surface area contributed by atoms with Crippen LogP contribution in [0, 0.1) is 0 Å². The molecule has 0 saturated carbocycles. The zero-order valence-electron chi connectivity index (χ0n) is 15.0. The number of benzene rings is 2. The van der Waals surface area contributed by atoms with Crippen LogP contribution < -0.4 is 0 Å². The summed E-state index contributed by atoms with van der Waals surface area (Å²) < 4.78 is 76.2. The van der Waals surface area contributed by atoms with E-state index in [4.69, 9.17) is 5.21 Å². The van der Waals surface area contributed by atoms with Gasteiger partial charge in [0, 0.05) is 12.8 Å². The average molecular weight is 413 g/mol. The zero-order chi connectivity index (χ0) is 21.5. The minimum atomic E-state index is -4.43. The van der Waals surface area contributed by atoms with E-state index in [9.17, 15) is 26.3 Å². The minimum absolute atomic E-state index is 0.166. The van der Waals surface area contributed by atoms with Crippen LogP contribution in [0.25, 0.3) is 12.2 Å². The Kier molecular flexibility index (Phi) is 7.25. The van der Waals surface area contributed by atoms with Gasteiger partial charge < -0.3 is 5.21 Å². The number of hydrogen-bond acceptors (Lipinski definition) is 2. The van der Waals surface area contributed by atoms with E-state index in [1.165, 1.54) is 36.4 Å². The lowest BCUT2D eigenvalue weighted by molar-refractivity contribution is -0.138. The quantitative estimate of drug-likeness (QED) is 0.234. The van der Waals surface area contributed by atoms with Crippen molar-refractivity contribution < 1.29 is 31.5 Å². The van der Waals surface area contributed by atoms with Crippen LogP contribution in [0.5, 0.6) is 0 Å². The molecule has 0 aliphatic rings. The summed E-state index contributed by atoms with van der Waals surface area (Å²) in [7, 11) is 0. The maximum atomic E-state index is 12.7. The van der Waals surface area contributed by atoms with Crippen molar-refractivity contribution in [1.82, 2.24) is 0 Å². The molecule has 0 amide bonds. The summed E-state index contributed by atoms with van der Waals surface area (Å²) in [5.74, 6) is 0. The summed E-state index contributed by atoms with van der Waals surface area (Å²) >= 11 is 0. The molecule has 0 unspecified atom stereocenters. The molecule has 0 radical (unpaired) electrons. The molecule has 2 aromatic rings. The first-order valence-corrected chi connectivity index (χ1v) is 8.47. The lowest BCUT2D eigenvalue weighted by atomic mass is 10.1. The van der Waals surface area contributed by atoms with E-state index in [1.54, 1.807) is 12.2 Å². The molecule has 2 aromatic carbocycles. The number of oxime groups is 1. The van der Waals surface area contributed by atoms with Crippen LogP contribution in [-0.2, 0) is 12.4 Å². The molecule has 0 heterocycles. The van der Waals surface area contributed by atoms with Gasteiger partial charge in [0.1, 0.15) is 0 Å². The standard InChI is InChI=1S/C21H17F6NO/c22-20(23,24)17-9-1-5-15(13-17)7-3-11-19(28-29)12-4-8-16-6-2-10-18(14-16)21(25,26)27/h1-10,13-14,29H,11-12H2. The predicted molar refractivity (Wildman–Crippen MR) is 99.4 cm³/mol. The Morgan fingerprint density at radius 2 is 1.17 bits per heavy atom. The fourth-order valence-electron chi connectivity index (χ4n) is 2.46. The summed E-state index contributed by atoms with van der Waals surface area (Å²) in [5.41, 5.74) is -0.538. The molecule has 154 valence electrons. The van der Waals surface area contributed by atoms with E-state index >= 15 is 0 Å². The van der Waals surface area contributed by atoms with Crippen molar-refractivity contribution in [3.63, 3.8) is 0 Å². The molecular formula is C21H17F6NO. The van der Waals surface area contributed by atoms with Gasteiger partial charge in [-0.15, -0.1) is 0 Å². The van der Waals surface area contributed by atoms with E-state index < -0.39 is 23.5 Å². The van der Waals surface area contributed by atoms with Crippen molar-refractivity contribution in [2.24, 2.45) is 5.16 Å². The monoisotopic (exact) mass is 413 g/mol. The molecule has 0 saturated heterocycles. The lowest BCUT2D eigenvalue weighted by Gasteiger charge is -2.06. The van der Waals surface area contributed by atoms with Gasteiger partial charge in [-0.25, -0.2) is 0 Å². The van der Waals surface area contributed by atoms with E-state index in [0.717, 1.165) is 24.3 Å². The van der Waals surface area contributed by atoms with Crippen LogP contribution in [-0.4, -0.2) is 10.9 Å². The molecule has 0 aliphatic carbocycles. The third kappa shape index (κ3) is 7.14. The van der Waals surface area contributed by atoms with Crippen molar-refractivity contribution in [2.75, 3.05) is 0 Å². The highest BCUT2D eigenvalue weighted by Crippen LogP contribution is 2.30. The van der Waals surface area contributed by atoms with E-state index in [2.05, 4.69) is 5.16 Å². The van der Waals surface area contributed by atoms with Gasteiger partial charge in [0.05, 0.1) is 16.8 Å². The molecule has 2 rings (SSSR count). The number of rotatable bonds is 6. The number of alkyl halides is 6. The summed E-state index contributed by atoms with van der Waals surface area (Å²) in [5, 5.41) is 12.2. The Balaban J connectivity index is 1.97. The summed E-state index contributed by atoms with van der Waals surface area (Å²) in [6.07, 6.45) is -2.51. The molecule has 29 heavy (non-hydrogen) atoms. The second-order valence-corrected chi connectivity index (χ2v) is 6.13. The number of nitrogens with zero attached hydrogens (tertiary/aromatic N) is 1. The predicted octanol–water partition coefficient (Wildman–Crippen LogP) is 7.06. The van der Waals surface area contributed by atoms with Crippen LogP contribution in [0.4, 0.5) is 26.3 Å². The Bertz CT molecular complexity index is 838. The minimum Gasteiger partial charge on any atom is -0.411 e. The first kappa shape index (κ1) is 22.3. The number of halogens is 6. The highest BCUT2D eigenvalue weighted by molar-refractivity contribution is 5.87. The first-order chi connectivity index (χ1) is 13.6. The van der Waals surface area contributed by atoms with Gasteiger partial charge >= 0.3 is 12.4 Å². The topological polar surface area (TPSA) is 32.6 Å². The van der Waals surface area contributed by atoms with Crippen LogP contribution in [0.15, 0.2) is 65.8 Å². The Hall–Kier alpha value is -3.03. The van der Waals surface area contributed by atoms with Crippen LogP contribution in [0.2, 0.25) is 0 Å². The largest absolute Gasteiger partial charge is 0.416 e. The number of hydrogen-bond donors (Lipinski definition) is 1. The van der Waals surface area contributed by atoms with E-state index in [1.807, 2.05) is 0 Å². The smallest absolute Gasteiger partial charge is 0.411 e. The van der Waals surface area contributed by atoms with Gasteiger partial charge in [-0.05, 0) is 35.4 Å². The molecular weight excluding hydrogens is 396 g/mol. The van der Waals surface area contributed by atoms with E-state index in [-0.39, 0.29) is 12.8 Å². The van der Waals surface area contributed by atoms with Crippen molar-refractivity contribution in [1.29, 1.82) is 0 Å². The number of allylic oxidation sites excluding steroid dienone is 2. The van der Waals surface area contributed by atoms with Crippen molar-refractivity contribution in [3.8, 4) is 0 Å². The van der Waals surface area contributed by atoms with Crippen molar-refractivity contribution >= 4 is 17.9 Å². The van der Waals surface area contributed by atoms with Gasteiger partial charge in [-0.1, -0.05) is 53.7 Å². The Labute approximate surface area is 163 Å². The maximum absolute atomic E-state index is 12.7. The van der Waals surface area contributed by atoms with Gasteiger partial charge in [-0.2, -0.15) is 26.3 Å². The molecule has 0 fully saturated rings. The molecule has 2 nitrogen and oxygen atoms in total. The molecule has 8 heteroatoms. The molecule has 0 atom stereocenters. The molecule has 1 N–H and O–H groups in total. The normalized spacial score (nSPS) is 12.6. The van der Waals surface area contributed by atoms with Crippen LogP contribution >= 0.6 is 0 Å². The summed E-state index contributed by atoms with van der Waals surface area (Å²) in [6, 6.07) is 9.54. The van der Waals surface area contributed by atoms with Crippen molar-refractivity contribution in [3.05, 3.63) is 82.9 Å². The van der Waals surface area contributed by atoms with Gasteiger partial charge in [0.25, 0.3) is 0 Å². The maximum Gasteiger partial charge on any atom is 0.416 e. The van der Waals surface area contributed by atoms with Crippen LogP contribution in [0.1, 0.15) is 35.1 Å². The highest BCUT2D eigenvalue weighted by Gasteiger charge is 2.30. The molecule has 0 aliphatic heterocycles. The zero-order valence-corrected chi connectivity index (χ0v) is 15.0. The summed E-state index contributed by atoms with van der Waals surface area (Å²) in [4.78, 5) is 0.